The van der Waals surface area contributed by atoms with Crippen molar-refractivity contribution in [3.63, 3.8) is 0 Å². The van der Waals surface area contributed by atoms with Crippen LogP contribution >= 0.6 is 0 Å². The molecule has 1 amide bonds. The van der Waals surface area contributed by atoms with E-state index in [4.69, 9.17) is 4.74 Å². The Bertz CT molecular complexity index is 672. The van der Waals surface area contributed by atoms with Gasteiger partial charge in [0.2, 0.25) is 0 Å². The van der Waals surface area contributed by atoms with Gasteiger partial charge in [0.25, 0.3) is 0 Å². The number of carbonyl (C=O) groups is 1. The number of halogens is 1. The first-order valence-electron chi connectivity index (χ1n) is 7.66. The van der Waals surface area contributed by atoms with Crippen LogP contribution in [0.5, 0.6) is 0 Å². The van der Waals surface area contributed by atoms with Crippen molar-refractivity contribution in [2.45, 2.75) is 33.1 Å². The molecule has 2 heterocycles. The van der Waals surface area contributed by atoms with E-state index in [0.717, 1.165) is 24.7 Å². The summed E-state index contributed by atoms with van der Waals surface area (Å²) in [5, 5.41) is 4.40. The molecule has 0 fully saturated rings. The molecule has 7 heteroatoms. The summed E-state index contributed by atoms with van der Waals surface area (Å²) < 4.78 is 20.0. The first kappa shape index (κ1) is 16.9. The zero-order chi connectivity index (χ0) is 16.8. The maximum absolute atomic E-state index is 13.3. The number of rotatable bonds is 6. The number of nitrogens with zero attached hydrogens (tertiary/aromatic N) is 4. The molecule has 0 atom stereocenters. The second-order valence-corrected chi connectivity index (χ2v) is 5.15. The molecular weight excluding hydrogens is 299 g/mol. The van der Waals surface area contributed by atoms with E-state index in [-0.39, 0.29) is 0 Å². The minimum atomic E-state index is -0.440. The molecule has 23 heavy (non-hydrogen) atoms. The molecule has 0 unspecified atom stereocenters. The number of aromatic nitrogens is 3. The number of ether oxygens (including phenoxy) is 1. The molecule has 0 saturated heterocycles. The standard InChI is InChI=1S/C16H21FN4O2/c1-4-6-7-23-16(22)20(3)15-11-21(19-14(15)5-2)13-8-12(17)9-18-10-13/h8-11H,4-7H2,1-3H3. The van der Waals surface area contributed by atoms with E-state index in [9.17, 15) is 9.18 Å². The summed E-state index contributed by atoms with van der Waals surface area (Å²) in [5.41, 5.74) is 1.86. The number of hydrogen-bond acceptors (Lipinski definition) is 4. The van der Waals surface area contributed by atoms with Crippen LogP contribution in [0.15, 0.2) is 24.7 Å². The Morgan fingerprint density at radius 2 is 2.17 bits per heavy atom. The van der Waals surface area contributed by atoms with Crippen molar-refractivity contribution >= 4 is 11.8 Å². The molecule has 0 spiro atoms. The summed E-state index contributed by atoms with van der Waals surface area (Å²) in [6.07, 6.45) is 6.32. The number of pyridine rings is 1. The smallest absolute Gasteiger partial charge is 0.414 e. The summed E-state index contributed by atoms with van der Waals surface area (Å²) in [4.78, 5) is 17.3. The van der Waals surface area contributed by atoms with E-state index in [2.05, 4.69) is 10.1 Å². The highest BCUT2D eigenvalue weighted by Gasteiger charge is 2.19. The zero-order valence-corrected chi connectivity index (χ0v) is 13.6. The first-order valence-corrected chi connectivity index (χ1v) is 7.66. The van der Waals surface area contributed by atoms with Crippen LogP contribution in [-0.4, -0.2) is 34.5 Å². The van der Waals surface area contributed by atoms with Crippen molar-refractivity contribution < 1.29 is 13.9 Å². The Hall–Kier alpha value is -2.44. The van der Waals surface area contributed by atoms with E-state index >= 15 is 0 Å². The number of amides is 1. The lowest BCUT2D eigenvalue weighted by Crippen LogP contribution is -2.27. The third kappa shape index (κ3) is 4.06. The normalized spacial score (nSPS) is 10.6. The Morgan fingerprint density at radius 3 is 2.83 bits per heavy atom. The lowest BCUT2D eigenvalue weighted by Gasteiger charge is -2.16. The third-order valence-corrected chi connectivity index (χ3v) is 3.42. The van der Waals surface area contributed by atoms with Crippen LogP contribution in [0.25, 0.3) is 5.69 Å². The molecule has 6 nitrogen and oxygen atoms in total. The van der Waals surface area contributed by atoms with Gasteiger partial charge in [0.1, 0.15) is 5.82 Å². The van der Waals surface area contributed by atoms with E-state index in [0.29, 0.717) is 24.4 Å². The Morgan fingerprint density at radius 1 is 1.39 bits per heavy atom. The van der Waals surface area contributed by atoms with Crippen LogP contribution in [0.4, 0.5) is 14.9 Å². The first-order chi connectivity index (χ1) is 11.1. The van der Waals surface area contributed by atoms with Crippen LogP contribution in [0, 0.1) is 5.82 Å². The maximum Gasteiger partial charge on any atom is 0.414 e. The van der Waals surface area contributed by atoms with Crippen LogP contribution in [0.2, 0.25) is 0 Å². The van der Waals surface area contributed by atoms with Crippen molar-refractivity contribution in [2.75, 3.05) is 18.6 Å². The average Bonchev–Trinajstić information content (AvgIpc) is 2.98. The zero-order valence-electron chi connectivity index (χ0n) is 13.6. The lowest BCUT2D eigenvalue weighted by atomic mass is 10.3. The van der Waals surface area contributed by atoms with Gasteiger partial charge in [-0.3, -0.25) is 9.88 Å². The molecule has 2 aromatic heterocycles. The molecule has 2 rings (SSSR count). The number of carbonyl (C=O) groups excluding carboxylic acids is 1. The summed E-state index contributed by atoms with van der Waals surface area (Å²) in [6.45, 7) is 4.36. The van der Waals surface area contributed by atoms with Gasteiger partial charge in [-0.15, -0.1) is 0 Å². The van der Waals surface area contributed by atoms with Crippen molar-refractivity contribution in [2.24, 2.45) is 0 Å². The molecule has 124 valence electrons. The van der Waals surface area contributed by atoms with E-state index in [1.165, 1.54) is 21.8 Å². The molecule has 0 saturated carbocycles. The summed E-state index contributed by atoms with van der Waals surface area (Å²) in [6, 6.07) is 1.34. The van der Waals surface area contributed by atoms with E-state index in [1.54, 1.807) is 13.2 Å². The van der Waals surface area contributed by atoms with Crippen molar-refractivity contribution in [3.8, 4) is 5.69 Å². The van der Waals surface area contributed by atoms with Crippen molar-refractivity contribution in [1.29, 1.82) is 0 Å². The van der Waals surface area contributed by atoms with Crippen LogP contribution < -0.4 is 4.90 Å². The topological polar surface area (TPSA) is 60.2 Å². The molecule has 2 aromatic rings. The van der Waals surface area contributed by atoms with Crippen LogP contribution in [-0.2, 0) is 11.2 Å². The summed E-state index contributed by atoms with van der Waals surface area (Å²) in [5.74, 6) is -0.440. The highest BCUT2D eigenvalue weighted by atomic mass is 19.1. The van der Waals surface area contributed by atoms with Gasteiger partial charge in [0.05, 0.1) is 42.3 Å². The quantitative estimate of drug-likeness (QED) is 0.766. The molecule has 0 aliphatic carbocycles. The Balaban J connectivity index is 2.23. The van der Waals surface area contributed by atoms with Gasteiger partial charge in [0.15, 0.2) is 0 Å². The number of unbranched alkanes of at least 4 members (excludes halogenated alkanes) is 1. The lowest BCUT2D eigenvalue weighted by molar-refractivity contribution is 0.153. The maximum atomic E-state index is 13.3. The van der Waals surface area contributed by atoms with E-state index in [1.807, 2.05) is 13.8 Å². The average molecular weight is 320 g/mol. The van der Waals surface area contributed by atoms with Gasteiger partial charge in [-0.25, -0.2) is 13.9 Å². The monoisotopic (exact) mass is 320 g/mol. The third-order valence-electron chi connectivity index (χ3n) is 3.42. The minimum absolute atomic E-state index is 0.392. The molecule has 0 aliphatic heterocycles. The molecular formula is C16H21FN4O2. The minimum Gasteiger partial charge on any atom is -0.449 e. The second kappa shape index (κ2) is 7.71. The SMILES string of the molecule is CCCCOC(=O)N(C)c1cn(-c2cncc(F)c2)nc1CC. The number of anilines is 1. The summed E-state index contributed by atoms with van der Waals surface area (Å²) in [7, 11) is 1.64. The second-order valence-electron chi connectivity index (χ2n) is 5.15. The molecule has 0 aromatic carbocycles. The fourth-order valence-corrected chi connectivity index (χ4v) is 2.09. The van der Waals surface area contributed by atoms with Crippen LogP contribution in [0.1, 0.15) is 32.4 Å². The van der Waals surface area contributed by atoms with Gasteiger partial charge in [0, 0.05) is 13.1 Å². The Kier molecular flexibility index (Phi) is 5.67. The molecule has 0 bridgehead atoms. The highest BCUT2D eigenvalue weighted by Crippen LogP contribution is 2.22. The molecule has 0 N–H and O–H groups in total. The molecule has 0 aliphatic rings. The van der Waals surface area contributed by atoms with Gasteiger partial charge in [-0.2, -0.15) is 5.10 Å². The predicted octanol–water partition coefficient (Wildman–Crippen LogP) is 3.34. The van der Waals surface area contributed by atoms with Crippen molar-refractivity contribution in [3.05, 3.63) is 36.2 Å². The highest BCUT2D eigenvalue weighted by molar-refractivity contribution is 5.87. The Labute approximate surface area is 134 Å². The molecule has 0 radical (unpaired) electrons. The van der Waals surface area contributed by atoms with Gasteiger partial charge >= 0.3 is 6.09 Å². The van der Waals surface area contributed by atoms with Gasteiger partial charge in [-0.1, -0.05) is 20.3 Å². The summed E-state index contributed by atoms with van der Waals surface area (Å²) >= 11 is 0. The fraction of sp³-hybridized carbons (Fsp3) is 0.438. The van der Waals surface area contributed by atoms with Gasteiger partial charge < -0.3 is 4.74 Å². The van der Waals surface area contributed by atoms with Gasteiger partial charge in [-0.05, 0) is 12.8 Å². The fourth-order valence-electron chi connectivity index (χ4n) is 2.09. The predicted molar refractivity (Wildman–Crippen MR) is 85.4 cm³/mol. The largest absolute Gasteiger partial charge is 0.449 e. The number of aryl methyl sites for hydroxylation is 1. The van der Waals surface area contributed by atoms with E-state index < -0.39 is 11.9 Å². The van der Waals surface area contributed by atoms with Crippen LogP contribution in [0.3, 0.4) is 0 Å². The number of hydrogen-bond donors (Lipinski definition) is 0. The van der Waals surface area contributed by atoms with Crippen molar-refractivity contribution in [1.82, 2.24) is 14.8 Å².